The average molecular weight is 336 g/mol. The molecule has 118 valence electrons. The molecule has 0 bridgehead atoms. The molecule has 0 saturated heterocycles. The van der Waals surface area contributed by atoms with Gasteiger partial charge in [0.25, 0.3) is 0 Å². The molecule has 22 heavy (non-hydrogen) atoms. The first-order valence-electron chi connectivity index (χ1n) is 7.20. The molecule has 2 aromatic rings. The number of aromatic nitrogens is 1. The van der Waals surface area contributed by atoms with Crippen LogP contribution in [0.2, 0.25) is 0 Å². The first-order chi connectivity index (χ1) is 10.5. The monoisotopic (exact) mass is 336 g/mol. The summed E-state index contributed by atoms with van der Waals surface area (Å²) in [6.07, 6.45) is 1.29. The number of Topliss-reactive ketones (excluding diaryl/α,β-unsaturated/α-hetero) is 1. The summed E-state index contributed by atoms with van der Waals surface area (Å²) in [5, 5.41) is 13.1. The average Bonchev–Trinajstić information content (AvgIpc) is 3.02. The molecule has 0 aliphatic heterocycles. The molecule has 0 atom stereocenters. The molecule has 4 nitrogen and oxygen atoms in total. The van der Waals surface area contributed by atoms with Gasteiger partial charge in [-0.05, 0) is 43.8 Å². The first kappa shape index (κ1) is 17.0. The van der Waals surface area contributed by atoms with Gasteiger partial charge in [-0.25, -0.2) is 4.98 Å². The van der Waals surface area contributed by atoms with Crippen molar-refractivity contribution in [2.24, 2.45) is 0 Å². The normalized spacial score (nSPS) is 11.5. The second-order valence-corrected chi connectivity index (χ2v) is 6.80. The maximum absolute atomic E-state index is 11.2. The van der Waals surface area contributed by atoms with Crippen molar-refractivity contribution in [1.82, 2.24) is 4.98 Å². The fourth-order valence-electron chi connectivity index (χ4n) is 2.01. The molecule has 0 radical (unpaired) electrons. The lowest BCUT2D eigenvalue weighted by molar-refractivity contribution is 0.0247. The summed E-state index contributed by atoms with van der Waals surface area (Å²) < 4.78 is 3.18. The molecule has 1 aromatic heterocycles. The Bertz CT molecular complexity index is 634. The van der Waals surface area contributed by atoms with Crippen LogP contribution < -0.4 is 4.72 Å². The molecule has 1 heterocycles. The Labute approximate surface area is 139 Å². The fourth-order valence-corrected chi connectivity index (χ4v) is 3.49. The summed E-state index contributed by atoms with van der Waals surface area (Å²) in [6.45, 7) is 5.47. The Morgan fingerprint density at radius 1 is 1.32 bits per heavy atom. The van der Waals surface area contributed by atoms with Crippen molar-refractivity contribution in [2.75, 3.05) is 4.72 Å². The highest BCUT2D eigenvalue weighted by molar-refractivity contribution is 8.00. The van der Waals surface area contributed by atoms with Gasteiger partial charge < -0.3 is 9.83 Å². The van der Waals surface area contributed by atoms with Crippen LogP contribution in [0.4, 0.5) is 5.13 Å². The number of carbonyl (C=O) groups is 1. The second-order valence-electron chi connectivity index (χ2n) is 5.06. The molecular weight excluding hydrogens is 316 g/mol. The zero-order valence-electron chi connectivity index (χ0n) is 12.9. The number of rotatable bonds is 7. The van der Waals surface area contributed by atoms with Gasteiger partial charge in [0.05, 0.1) is 5.69 Å². The summed E-state index contributed by atoms with van der Waals surface area (Å²) >= 11 is 2.92. The number of thiazole rings is 1. The summed E-state index contributed by atoms with van der Waals surface area (Å²) in [5.41, 5.74) is 0.582. The van der Waals surface area contributed by atoms with Gasteiger partial charge in [0.15, 0.2) is 10.9 Å². The number of carbonyl (C=O) groups excluding carboxylic acids is 1. The molecular formula is C16H20N2O2S2. The van der Waals surface area contributed by atoms with E-state index < -0.39 is 5.60 Å². The van der Waals surface area contributed by atoms with E-state index in [1.165, 1.54) is 23.3 Å². The Balaban J connectivity index is 2.00. The molecule has 6 heteroatoms. The van der Waals surface area contributed by atoms with E-state index in [1.807, 2.05) is 43.5 Å². The minimum Gasteiger partial charge on any atom is -0.384 e. The third-order valence-electron chi connectivity index (χ3n) is 3.67. The zero-order valence-corrected chi connectivity index (χ0v) is 14.6. The highest BCUT2D eigenvalue weighted by Gasteiger charge is 2.27. The summed E-state index contributed by atoms with van der Waals surface area (Å²) in [4.78, 5) is 16.7. The van der Waals surface area contributed by atoms with Crippen molar-refractivity contribution in [2.45, 2.75) is 44.1 Å². The number of benzene rings is 1. The number of nitrogens with one attached hydrogen (secondary N) is 1. The molecule has 0 amide bonds. The van der Waals surface area contributed by atoms with E-state index >= 15 is 0 Å². The third kappa shape index (κ3) is 3.88. The SMILES string of the molecule is CCC(O)(CC)c1csc(NSc2ccc(C(C)=O)cc2)n1. The van der Waals surface area contributed by atoms with Crippen LogP contribution in [0.3, 0.4) is 0 Å². The van der Waals surface area contributed by atoms with Gasteiger partial charge in [-0.15, -0.1) is 11.3 Å². The van der Waals surface area contributed by atoms with Crippen LogP contribution >= 0.6 is 23.3 Å². The topological polar surface area (TPSA) is 62.2 Å². The largest absolute Gasteiger partial charge is 0.384 e. The van der Waals surface area contributed by atoms with Gasteiger partial charge in [-0.3, -0.25) is 4.79 Å². The van der Waals surface area contributed by atoms with E-state index in [2.05, 4.69) is 9.71 Å². The molecule has 1 aromatic carbocycles. The lowest BCUT2D eigenvalue weighted by atomic mass is 9.94. The van der Waals surface area contributed by atoms with Crippen LogP contribution in [0, 0.1) is 0 Å². The molecule has 0 spiro atoms. The van der Waals surface area contributed by atoms with Crippen molar-refractivity contribution < 1.29 is 9.90 Å². The van der Waals surface area contributed by atoms with Crippen molar-refractivity contribution in [3.8, 4) is 0 Å². The fraction of sp³-hybridized carbons (Fsp3) is 0.375. The van der Waals surface area contributed by atoms with Crippen LogP contribution in [0.15, 0.2) is 34.5 Å². The number of ketones is 1. The standard InChI is InChI=1S/C16H20N2O2S2/c1-4-16(20,5-2)14-10-21-15(17-14)18-22-13-8-6-12(7-9-13)11(3)19/h6-10,20H,4-5H2,1-3H3,(H,17,18). The van der Waals surface area contributed by atoms with Crippen molar-refractivity contribution in [3.63, 3.8) is 0 Å². The molecule has 0 fully saturated rings. The van der Waals surface area contributed by atoms with Gasteiger partial charge in [-0.2, -0.15) is 0 Å². The van der Waals surface area contributed by atoms with Gasteiger partial charge >= 0.3 is 0 Å². The zero-order chi connectivity index (χ0) is 16.2. The van der Waals surface area contributed by atoms with Crippen molar-refractivity contribution >= 4 is 34.2 Å². The Kier molecular flexibility index (Phi) is 5.61. The summed E-state index contributed by atoms with van der Waals surface area (Å²) in [7, 11) is 0. The van der Waals surface area contributed by atoms with E-state index in [0.29, 0.717) is 18.4 Å². The number of hydrogen-bond acceptors (Lipinski definition) is 6. The van der Waals surface area contributed by atoms with E-state index in [4.69, 9.17) is 0 Å². The van der Waals surface area contributed by atoms with Gasteiger partial charge in [0, 0.05) is 15.8 Å². The van der Waals surface area contributed by atoms with Gasteiger partial charge in [0.1, 0.15) is 5.60 Å². The lowest BCUT2D eigenvalue weighted by Gasteiger charge is -2.22. The predicted molar refractivity (Wildman–Crippen MR) is 92.5 cm³/mol. The maximum Gasteiger partial charge on any atom is 0.193 e. The van der Waals surface area contributed by atoms with Gasteiger partial charge in [-0.1, -0.05) is 26.0 Å². The quantitative estimate of drug-likeness (QED) is 0.577. The summed E-state index contributed by atoms with van der Waals surface area (Å²) in [5.74, 6) is 0.0625. The Morgan fingerprint density at radius 3 is 2.50 bits per heavy atom. The summed E-state index contributed by atoms with van der Waals surface area (Å²) in [6, 6.07) is 7.42. The van der Waals surface area contributed by atoms with Crippen LogP contribution in [0.25, 0.3) is 0 Å². The smallest absolute Gasteiger partial charge is 0.193 e. The molecule has 0 unspecified atom stereocenters. The van der Waals surface area contributed by atoms with Crippen molar-refractivity contribution in [1.29, 1.82) is 0 Å². The first-order valence-corrected chi connectivity index (χ1v) is 8.90. The lowest BCUT2D eigenvalue weighted by Crippen LogP contribution is -2.23. The van der Waals surface area contributed by atoms with Crippen LogP contribution in [-0.2, 0) is 5.60 Å². The molecule has 0 aliphatic carbocycles. The molecule has 0 aliphatic rings. The van der Waals surface area contributed by atoms with E-state index in [1.54, 1.807) is 6.92 Å². The number of aliphatic hydroxyl groups is 1. The van der Waals surface area contributed by atoms with Crippen LogP contribution in [0.1, 0.15) is 49.7 Å². The maximum atomic E-state index is 11.2. The van der Waals surface area contributed by atoms with E-state index in [-0.39, 0.29) is 5.78 Å². The van der Waals surface area contributed by atoms with Gasteiger partial charge in [0.2, 0.25) is 0 Å². The highest BCUT2D eigenvalue weighted by atomic mass is 32.2. The Hall–Kier alpha value is -1.37. The predicted octanol–water partition coefficient (Wildman–Crippen LogP) is 4.47. The second kappa shape index (κ2) is 7.26. The molecule has 2 rings (SSSR count). The van der Waals surface area contributed by atoms with Crippen molar-refractivity contribution in [3.05, 3.63) is 40.9 Å². The number of nitrogens with zero attached hydrogens (tertiary/aromatic N) is 1. The molecule has 2 N–H and O–H groups in total. The number of anilines is 1. The van der Waals surface area contributed by atoms with E-state index in [0.717, 1.165) is 15.7 Å². The van der Waals surface area contributed by atoms with E-state index in [9.17, 15) is 9.90 Å². The molecule has 0 saturated carbocycles. The highest BCUT2D eigenvalue weighted by Crippen LogP contribution is 2.32. The third-order valence-corrected chi connectivity index (χ3v) is 5.36. The number of hydrogen-bond donors (Lipinski definition) is 2. The minimum absolute atomic E-state index is 0.0625. The van der Waals surface area contributed by atoms with Crippen LogP contribution in [-0.4, -0.2) is 15.9 Å². The Morgan fingerprint density at radius 2 is 1.95 bits per heavy atom. The van der Waals surface area contributed by atoms with Crippen LogP contribution in [0.5, 0.6) is 0 Å². The minimum atomic E-state index is -0.843.